The van der Waals surface area contributed by atoms with Gasteiger partial charge in [0, 0.05) is 11.7 Å². The van der Waals surface area contributed by atoms with Crippen LogP contribution < -0.4 is 5.32 Å². The van der Waals surface area contributed by atoms with Crippen LogP contribution in [-0.4, -0.2) is 28.2 Å². The molecule has 1 heterocycles. The molecule has 0 fully saturated rings. The van der Waals surface area contributed by atoms with E-state index in [2.05, 4.69) is 5.32 Å². The van der Waals surface area contributed by atoms with Gasteiger partial charge in [0.2, 0.25) is 0 Å². The van der Waals surface area contributed by atoms with Crippen molar-refractivity contribution in [1.29, 1.82) is 0 Å². The van der Waals surface area contributed by atoms with E-state index in [0.717, 1.165) is 5.70 Å². The van der Waals surface area contributed by atoms with Gasteiger partial charge in [0.25, 0.3) is 0 Å². The van der Waals surface area contributed by atoms with E-state index in [-0.39, 0.29) is 6.04 Å². The molecule has 3 atom stereocenters. The van der Waals surface area contributed by atoms with Crippen LogP contribution in [0.2, 0.25) is 0 Å². The molecule has 0 radical (unpaired) electrons. The average molecular weight is 253 g/mol. The molecule has 1 aliphatic heterocycles. The largest absolute Gasteiger partial charge is 0.481 e. The standard InChI is InChI=1S/C13H19NO4/c1-6(12(15)16)10-5-11(7(2)13(17)18)9(4)14-8(10)3/h5-8,14H,1-4H3,(H,15,16)(H,17,18). The van der Waals surface area contributed by atoms with Gasteiger partial charge < -0.3 is 15.5 Å². The van der Waals surface area contributed by atoms with E-state index in [1.165, 1.54) is 0 Å². The Balaban J connectivity index is 3.16. The van der Waals surface area contributed by atoms with Crippen LogP contribution in [0.1, 0.15) is 27.7 Å². The maximum atomic E-state index is 11.0. The van der Waals surface area contributed by atoms with E-state index in [4.69, 9.17) is 10.2 Å². The molecule has 0 aliphatic carbocycles. The highest BCUT2D eigenvalue weighted by Gasteiger charge is 2.28. The third-order valence-corrected chi connectivity index (χ3v) is 3.40. The first kappa shape index (κ1) is 14.3. The fraction of sp³-hybridized carbons (Fsp3) is 0.538. The first-order valence-corrected chi connectivity index (χ1v) is 5.90. The van der Waals surface area contributed by atoms with Crippen LogP contribution in [0.5, 0.6) is 0 Å². The van der Waals surface area contributed by atoms with Crippen LogP contribution in [0.4, 0.5) is 0 Å². The minimum Gasteiger partial charge on any atom is -0.481 e. The minimum absolute atomic E-state index is 0.0964. The van der Waals surface area contributed by atoms with Crippen molar-refractivity contribution in [2.45, 2.75) is 33.7 Å². The molecule has 5 nitrogen and oxygen atoms in total. The second-order valence-electron chi connectivity index (χ2n) is 4.71. The number of allylic oxidation sites excluding steroid dienone is 2. The predicted octanol–water partition coefficient (Wildman–Crippen LogP) is 1.62. The maximum absolute atomic E-state index is 11.0. The van der Waals surface area contributed by atoms with Gasteiger partial charge in [-0.1, -0.05) is 6.08 Å². The zero-order valence-electron chi connectivity index (χ0n) is 11.0. The van der Waals surface area contributed by atoms with Crippen LogP contribution in [-0.2, 0) is 9.59 Å². The third-order valence-electron chi connectivity index (χ3n) is 3.40. The van der Waals surface area contributed by atoms with Crippen LogP contribution in [0.15, 0.2) is 22.9 Å². The summed E-state index contributed by atoms with van der Waals surface area (Å²) in [6.45, 7) is 6.88. The molecule has 0 bridgehead atoms. The number of carbonyl (C=O) groups is 2. The quantitative estimate of drug-likeness (QED) is 0.708. The third kappa shape index (κ3) is 2.72. The fourth-order valence-corrected chi connectivity index (χ4v) is 2.13. The summed E-state index contributed by atoms with van der Waals surface area (Å²) in [7, 11) is 0. The first-order valence-electron chi connectivity index (χ1n) is 5.90. The molecular weight excluding hydrogens is 234 g/mol. The second-order valence-corrected chi connectivity index (χ2v) is 4.71. The fourth-order valence-electron chi connectivity index (χ4n) is 2.13. The first-order chi connectivity index (χ1) is 8.25. The SMILES string of the molecule is CC1=C(C(C)C(=O)O)C=C(C(C)C(=O)O)C(C)N1. The lowest BCUT2D eigenvalue weighted by atomic mass is 9.86. The monoisotopic (exact) mass is 253 g/mol. The molecule has 0 aromatic carbocycles. The number of dihydropyridines is 1. The number of carboxylic acids is 2. The Morgan fingerprint density at radius 2 is 1.72 bits per heavy atom. The molecule has 5 heteroatoms. The van der Waals surface area contributed by atoms with E-state index in [9.17, 15) is 9.59 Å². The zero-order chi connectivity index (χ0) is 14.0. The van der Waals surface area contributed by atoms with Gasteiger partial charge in [-0.2, -0.15) is 0 Å². The van der Waals surface area contributed by atoms with Gasteiger partial charge in [0.15, 0.2) is 0 Å². The van der Waals surface area contributed by atoms with Gasteiger partial charge in [-0.25, -0.2) is 0 Å². The smallest absolute Gasteiger partial charge is 0.310 e. The number of nitrogens with one attached hydrogen (secondary N) is 1. The molecule has 0 amide bonds. The van der Waals surface area contributed by atoms with Crippen LogP contribution >= 0.6 is 0 Å². The van der Waals surface area contributed by atoms with Gasteiger partial charge in [0.05, 0.1) is 11.8 Å². The van der Waals surface area contributed by atoms with Gasteiger partial charge >= 0.3 is 11.9 Å². The van der Waals surface area contributed by atoms with E-state index in [1.54, 1.807) is 19.9 Å². The van der Waals surface area contributed by atoms with Crippen molar-refractivity contribution in [3.63, 3.8) is 0 Å². The number of aliphatic carboxylic acids is 2. The van der Waals surface area contributed by atoms with Crippen molar-refractivity contribution in [3.05, 3.63) is 22.9 Å². The molecule has 1 rings (SSSR count). The highest BCUT2D eigenvalue weighted by Crippen LogP contribution is 2.27. The zero-order valence-corrected chi connectivity index (χ0v) is 11.0. The highest BCUT2D eigenvalue weighted by molar-refractivity contribution is 5.76. The van der Waals surface area contributed by atoms with Crippen molar-refractivity contribution in [2.75, 3.05) is 0 Å². The molecule has 3 unspecified atom stereocenters. The summed E-state index contributed by atoms with van der Waals surface area (Å²) < 4.78 is 0. The van der Waals surface area contributed by atoms with Gasteiger partial charge in [-0.3, -0.25) is 9.59 Å². The van der Waals surface area contributed by atoms with E-state index in [0.29, 0.717) is 11.1 Å². The molecule has 0 saturated carbocycles. The topological polar surface area (TPSA) is 86.6 Å². The van der Waals surface area contributed by atoms with Crippen molar-refractivity contribution in [2.24, 2.45) is 11.8 Å². The van der Waals surface area contributed by atoms with Gasteiger partial charge in [-0.05, 0) is 38.8 Å². The summed E-state index contributed by atoms with van der Waals surface area (Å²) in [5.41, 5.74) is 2.14. The summed E-state index contributed by atoms with van der Waals surface area (Å²) in [4.78, 5) is 22.1. The summed E-state index contributed by atoms with van der Waals surface area (Å²) in [5, 5.41) is 21.2. The van der Waals surface area contributed by atoms with E-state index in [1.807, 2.05) is 13.8 Å². The Hall–Kier alpha value is -1.78. The lowest BCUT2D eigenvalue weighted by Gasteiger charge is -2.29. The van der Waals surface area contributed by atoms with Crippen molar-refractivity contribution in [1.82, 2.24) is 5.32 Å². The number of hydrogen-bond acceptors (Lipinski definition) is 3. The van der Waals surface area contributed by atoms with Crippen molar-refractivity contribution < 1.29 is 19.8 Å². The Labute approximate surface area is 106 Å². The number of hydrogen-bond donors (Lipinski definition) is 3. The average Bonchev–Trinajstić information content (AvgIpc) is 2.27. The predicted molar refractivity (Wildman–Crippen MR) is 67.0 cm³/mol. The van der Waals surface area contributed by atoms with Crippen LogP contribution in [0.25, 0.3) is 0 Å². The second kappa shape index (κ2) is 5.25. The van der Waals surface area contributed by atoms with E-state index >= 15 is 0 Å². The van der Waals surface area contributed by atoms with Gasteiger partial charge in [-0.15, -0.1) is 0 Å². The summed E-state index contributed by atoms with van der Waals surface area (Å²) in [5.74, 6) is -3.10. The molecule has 0 aromatic heterocycles. The van der Waals surface area contributed by atoms with Crippen LogP contribution in [0.3, 0.4) is 0 Å². The normalized spacial score (nSPS) is 22.9. The lowest BCUT2D eigenvalue weighted by molar-refractivity contribution is -0.140. The molecule has 3 N–H and O–H groups in total. The van der Waals surface area contributed by atoms with E-state index < -0.39 is 23.8 Å². The molecule has 0 saturated heterocycles. The summed E-state index contributed by atoms with van der Waals surface area (Å²) in [6.07, 6.45) is 1.72. The Bertz CT molecular complexity index is 436. The summed E-state index contributed by atoms with van der Waals surface area (Å²) >= 11 is 0. The maximum Gasteiger partial charge on any atom is 0.310 e. The van der Waals surface area contributed by atoms with Crippen molar-refractivity contribution in [3.8, 4) is 0 Å². The Morgan fingerprint density at radius 1 is 1.22 bits per heavy atom. The Kier molecular flexibility index (Phi) is 4.16. The molecule has 1 aliphatic rings. The molecule has 18 heavy (non-hydrogen) atoms. The lowest BCUT2D eigenvalue weighted by Crippen LogP contribution is -2.36. The highest BCUT2D eigenvalue weighted by atomic mass is 16.4. The Morgan fingerprint density at radius 3 is 2.17 bits per heavy atom. The number of rotatable bonds is 4. The molecular formula is C13H19NO4. The minimum atomic E-state index is -0.917. The van der Waals surface area contributed by atoms with Crippen molar-refractivity contribution >= 4 is 11.9 Å². The molecule has 0 spiro atoms. The number of carboxylic acid groups (broad SMARTS) is 2. The van der Waals surface area contributed by atoms with Gasteiger partial charge in [0.1, 0.15) is 0 Å². The van der Waals surface area contributed by atoms with Crippen LogP contribution in [0, 0.1) is 11.8 Å². The molecule has 0 aromatic rings. The molecule has 100 valence electrons. The summed E-state index contributed by atoms with van der Waals surface area (Å²) in [6, 6.07) is -0.0964.